The van der Waals surface area contributed by atoms with Crippen molar-refractivity contribution in [3.05, 3.63) is 95.1 Å². The summed E-state index contributed by atoms with van der Waals surface area (Å²) in [5.41, 5.74) is 16.0. The Hall–Kier alpha value is -5.65. The number of nitrogens with two attached hydrogens (primary N) is 2. The molecule has 44 heavy (non-hydrogen) atoms. The van der Waals surface area contributed by atoms with Gasteiger partial charge in [0.1, 0.15) is 24.3 Å². The van der Waals surface area contributed by atoms with Crippen molar-refractivity contribution in [2.24, 2.45) is 11.5 Å². The van der Waals surface area contributed by atoms with E-state index in [2.05, 4.69) is 15.6 Å². The number of methoxy groups -OCH3 is 1. The molecule has 12 nitrogen and oxygen atoms in total. The number of ether oxygens (including phenoxy) is 2. The number of hydrogen-bond acceptors (Lipinski definition) is 7. The fourth-order valence-electron chi connectivity index (χ4n) is 4.74. The molecule has 4 rings (SSSR count). The van der Waals surface area contributed by atoms with Gasteiger partial charge in [0.2, 0.25) is 5.91 Å². The van der Waals surface area contributed by atoms with Crippen LogP contribution in [0.5, 0.6) is 0 Å². The van der Waals surface area contributed by atoms with E-state index in [1.54, 1.807) is 42.5 Å². The van der Waals surface area contributed by atoms with Gasteiger partial charge < -0.3 is 36.6 Å². The van der Waals surface area contributed by atoms with Gasteiger partial charge >= 0.3 is 12.1 Å². The van der Waals surface area contributed by atoms with E-state index in [0.29, 0.717) is 34.3 Å². The van der Waals surface area contributed by atoms with Crippen molar-refractivity contribution in [3.63, 3.8) is 0 Å². The summed E-state index contributed by atoms with van der Waals surface area (Å²) in [7, 11) is 1.25. The molecule has 4 aromatic rings. The lowest BCUT2D eigenvalue weighted by Gasteiger charge is -2.17. The Kier molecular flexibility index (Phi) is 10.3. The van der Waals surface area contributed by atoms with Crippen LogP contribution in [0.2, 0.25) is 0 Å². The van der Waals surface area contributed by atoms with Crippen LogP contribution in [0, 0.1) is 10.8 Å². The molecule has 0 radical (unpaired) electrons. The Bertz CT molecular complexity index is 1670. The summed E-state index contributed by atoms with van der Waals surface area (Å²) in [5, 5.41) is 21.6. The summed E-state index contributed by atoms with van der Waals surface area (Å²) in [6.07, 6.45) is -0.0358. The van der Waals surface area contributed by atoms with Crippen molar-refractivity contribution < 1.29 is 23.9 Å². The molecule has 0 aliphatic carbocycles. The number of alkyl carbamates (subject to hydrolysis) is 1. The molecule has 0 fully saturated rings. The normalized spacial score (nSPS) is 11.4. The number of nitrogens with one attached hydrogen (secondary N) is 5. The number of carbonyl (C=O) groups is 3. The second kappa shape index (κ2) is 14.5. The molecule has 1 unspecified atom stereocenters. The number of benzene rings is 3. The van der Waals surface area contributed by atoms with Gasteiger partial charge in [-0.2, -0.15) is 0 Å². The van der Waals surface area contributed by atoms with Gasteiger partial charge in [0.05, 0.1) is 19.2 Å². The number of hydrogen-bond donors (Lipinski definition) is 7. The smallest absolute Gasteiger partial charge is 0.407 e. The maximum absolute atomic E-state index is 13.3. The van der Waals surface area contributed by atoms with Gasteiger partial charge in [0, 0.05) is 28.6 Å². The molecule has 0 bridgehead atoms. The molecule has 2 amide bonds. The van der Waals surface area contributed by atoms with Gasteiger partial charge in [-0.25, -0.2) is 9.59 Å². The number of carbonyl (C=O) groups excluding carboxylic acids is 3. The zero-order valence-corrected chi connectivity index (χ0v) is 24.2. The average Bonchev–Trinajstić information content (AvgIpc) is 3.38. The lowest BCUT2D eigenvalue weighted by atomic mass is 10.00. The van der Waals surface area contributed by atoms with Crippen molar-refractivity contribution in [1.82, 2.24) is 15.6 Å². The molecule has 0 spiro atoms. The Labute approximate surface area is 254 Å². The topological polar surface area (TPSA) is 209 Å². The molecule has 0 saturated heterocycles. The maximum Gasteiger partial charge on any atom is 0.407 e. The van der Waals surface area contributed by atoms with E-state index in [0.717, 1.165) is 16.5 Å². The van der Waals surface area contributed by atoms with Gasteiger partial charge in [-0.1, -0.05) is 66.7 Å². The van der Waals surface area contributed by atoms with Gasteiger partial charge in [-0.3, -0.25) is 15.6 Å². The summed E-state index contributed by atoms with van der Waals surface area (Å²) in [6.45, 7) is 0.374. The first-order valence-corrected chi connectivity index (χ1v) is 13.9. The average molecular weight is 598 g/mol. The molecular weight excluding hydrogens is 562 g/mol. The van der Waals surface area contributed by atoms with Crippen LogP contribution in [-0.2, 0) is 32.1 Å². The number of fused-ring (bicyclic) bond motifs is 1. The largest absolute Gasteiger partial charge is 0.467 e. The van der Waals surface area contributed by atoms with Crippen molar-refractivity contribution in [3.8, 4) is 11.3 Å². The number of esters is 1. The highest BCUT2D eigenvalue weighted by Gasteiger charge is 2.24. The summed E-state index contributed by atoms with van der Waals surface area (Å²) < 4.78 is 10.1. The zero-order valence-electron chi connectivity index (χ0n) is 24.2. The summed E-state index contributed by atoms with van der Waals surface area (Å²) in [6, 6.07) is 20.6. The van der Waals surface area contributed by atoms with Gasteiger partial charge in [0.25, 0.3) is 0 Å². The molecule has 0 aliphatic heterocycles. The molecule has 12 heteroatoms. The van der Waals surface area contributed by atoms with Crippen LogP contribution in [0.3, 0.4) is 0 Å². The van der Waals surface area contributed by atoms with Gasteiger partial charge in [-0.15, -0.1) is 0 Å². The minimum absolute atomic E-state index is 0.0629. The van der Waals surface area contributed by atoms with E-state index in [4.69, 9.17) is 31.8 Å². The van der Waals surface area contributed by atoms with Crippen LogP contribution in [-0.4, -0.2) is 54.3 Å². The van der Waals surface area contributed by atoms with Gasteiger partial charge in [0.15, 0.2) is 0 Å². The standard InChI is InChI=1S/C32H35N7O5/c1-43-31(41)25(8-5-15-37-32(42)44-18-19-6-3-2-4-7-19)38-27(40)17-24-23-14-13-22(30(35)36)16-26(23)39-28(24)20-9-11-21(12-10-20)29(33)34/h2-4,6-7,9-14,16,25,39H,5,8,15,17-18H2,1H3,(H3,33,34)(H3,35,36)(H,37,42)(H,38,40). The summed E-state index contributed by atoms with van der Waals surface area (Å²) in [4.78, 5) is 41.2. The highest BCUT2D eigenvalue weighted by Crippen LogP contribution is 2.32. The van der Waals surface area contributed by atoms with Gasteiger partial charge in [-0.05, 0) is 35.6 Å². The molecule has 228 valence electrons. The fraction of sp³-hybridized carbons (Fsp3) is 0.219. The molecule has 9 N–H and O–H groups in total. The maximum atomic E-state index is 13.3. The monoisotopic (exact) mass is 597 g/mol. The third-order valence-electron chi connectivity index (χ3n) is 7.01. The number of rotatable bonds is 13. The number of nitrogen functional groups attached to an aromatic ring is 2. The highest BCUT2D eigenvalue weighted by molar-refractivity contribution is 6.02. The minimum Gasteiger partial charge on any atom is -0.467 e. The van der Waals surface area contributed by atoms with Crippen LogP contribution >= 0.6 is 0 Å². The third-order valence-corrected chi connectivity index (χ3v) is 7.01. The van der Waals surface area contributed by atoms with E-state index < -0.39 is 24.0 Å². The van der Waals surface area contributed by atoms with Crippen LogP contribution in [0.15, 0.2) is 72.8 Å². The van der Waals surface area contributed by atoms with Crippen LogP contribution in [0.25, 0.3) is 22.2 Å². The Morgan fingerprint density at radius 3 is 2.27 bits per heavy atom. The Balaban J connectivity index is 1.44. The minimum atomic E-state index is -0.928. The first-order valence-electron chi connectivity index (χ1n) is 13.9. The summed E-state index contributed by atoms with van der Waals surface area (Å²) >= 11 is 0. The SMILES string of the molecule is COC(=O)C(CCCNC(=O)OCc1ccccc1)NC(=O)Cc1c(-c2ccc(C(=N)N)cc2)[nH]c2cc(C(=N)N)ccc12. The van der Waals surface area contributed by atoms with Crippen LogP contribution in [0.1, 0.15) is 35.1 Å². The molecule has 0 saturated carbocycles. The second-order valence-corrected chi connectivity index (χ2v) is 10.1. The van der Waals surface area contributed by atoms with E-state index in [1.165, 1.54) is 7.11 Å². The molecule has 1 aromatic heterocycles. The first-order chi connectivity index (χ1) is 21.2. The second-order valence-electron chi connectivity index (χ2n) is 10.1. The molecule has 1 heterocycles. The number of amides is 2. The molecule has 0 aliphatic rings. The first kappa shape index (κ1) is 31.3. The van der Waals surface area contributed by atoms with Crippen LogP contribution in [0.4, 0.5) is 4.79 Å². The van der Waals surface area contributed by atoms with Crippen LogP contribution < -0.4 is 22.1 Å². The lowest BCUT2D eigenvalue weighted by Crippen LogP contribution is -2.42. The molecular formula is C32H35N7O5. The van der Waals surface area contributed by atoms with Crippen molar-refractivity contribution >= 4 is 40.5 Å². The van der Waals surface area contributed by atoms with Crippen molar-refractivity contribution in [2.45, 2.75) is 31.9 Å². The summed E-state index contributed by atoms with van der Waals surface area (Å²) in [5.74, 6) is -1.16. The van der Waals surface area contributed by atoms with E-state index in [-0.39, 0.29) is 37.7 Å². The Morgan fingerprint density at radius 2 is 1.61 bits per heavy atom. The lowest BCUT2D eigenvalue weighted by molar-refractivity contribution is -0.145. The third kappa shape index (κ3) is 8.00. The van der Waals surface area contributed by atoms with E-state index in [9.17, 15) is 14.4 Å². The predicted octanol–water partition coefficient (Wildman–Crippen LogP) is 3.31. The molecule has 1 atom stereocenters. The number of amidine groups is 2. The molecule has 3 aromatic carbocycles. The quantitative estimate of drug-likeness (QED) is 0.0528. The van der Waals surface area contributed by atoms with Crippen molar-refractivity contribution in [1.29, 1.82) is 10.8 Å². The van der Waals surface area contributed by atoms with E-state index >= 15 is 0 Å². The predicted molar refractivity (Wildman–Crippen MR) is 167 cm³/mol. The number of aromatic amines is 1. The number of aromatic nitrogens is 1. The number of H-pyrrole nitrogens is 1. The fourth-order valence-corrected chi connectivity index (χ4v) is 4.74. The van der Waals surface area contributed by atoms with E-state index in [1.807, 2.05) is 30.3 Å². The highest BCUT2D eigenvalue weighted by atomic mass is 16.5. The Morgan fingerprint density at radius 1 is 0.932 bits per heavy atom. The zero-order chi connectivity index (χ0) is 31.6. The van der Waals surface area contributed by atoms with Crippen molar-refractivity contribution in [2.75, 3.05) is 13.7 Å².